The Balaban J connectivity index is 2.56. The Morgan fingerprint density at radius 2 is 2.06 bits per heavy atom. The van der Waals surface area contributed by atoms with Gasteiger partial charge in [-0.05, 0) is 11.6 Å². The van der Waals surface area contributed by atoms with Crippen molar-refractivity contribution in [3.8, 4) is 0 Å². The summed E-state index contributed by atoms with van der Waals surface area (Å²) in [4.78, 5) is 5.49. The van der Waals surface area contributed by atoms with E-state index in [0.717, 1.165) is 5.56 Å². The van der Waals surface area contributed by atoms with Crippen molar-refractivity contribution < 1.29 is 13.2 Å². The Hall–Kier alpha value is -1.30. The van der Waals surface area contributed by atoms with E-state index in [1.165, 1.54) is 4.90 Å². The summed E-state index contributed by atoms with van der Waals surface area (Å²) < 4.78 is 36.0. The van der Waals surface area contributed by atoms with Crippen LogP contribution in [0.4, 0.5) is 19.0 Å². The molecular formula is C10H14F3N3. The zero-order chi connectivity index (χ0) is 12.2. The molecule has 0 spiro atoms. The van der Waals surface area contributed by atoms with Gasteiger partial charge in [0.2, 0.25) is 0 Å². The molecule has 0 aliphatic rings. The first-order valence-electron chi connectivity index (χ1n) is 4.85. The minimum absolute atomic E-state index is 0.0987. The normalized spacial score (nSPS) is 11.6. The van der Waals surface area contributed by atoms with Crippen molar-refractivity contribution >= 4 is 5.82 Å². The fraction of sp³-hybridized carbons (Fsp3) is 0.500. The lowest BCUT2D eigenvalue weighted by molar-refractivity contribution is -0.132. The summed E-state index contributed by atoms with van der Waals surface area (Å²) in [5.74, 6) is 0.515. The second-order valence-electron chi connectivity index (χ2n) is 3.52. The van der Waals surface area contributed by atoms with Crippen molar-refractivity contribution in [1.29, 1.82) is 0 Å². The maximum Gasteiger partial charge on any atom is 0.390 e. The molecule has 1 aromatic rings. The third kappa shape index (κ3) is 4.06. The van der Waals surface area contributed by atoms with Crippen molar-refractivity contribution in [2.24, 2.45) is 5.73 Å². The molecule has 90 valence electrons. The number of aromatic nitrogens is 1. The van der Waals surface area contributed by atoms with Gasteiger partial charge in [-0.3, -0.25) is 0 Å². The fourth-order valence-corrected chi connectivity index (χ4v) is 1.17. The number of rotatable bonds is 4. The molecule has 0 aliphatic heterocycles. The van der Waals surface area contributed by atoms with E-state index >= 15 is 0 Å². The highest BCUT2D eigenvalue weighted by Gasteiger charge is 2.27. The molecule has 0 amide bonds. The number of halogens is 3. The summed E-state index contributed by atoms with van der Waals surface area (Å²) >= 11 is 0. The molecule has 1 rings (SSSR count). The lowest BCUT2D eigenvalue weighted by Crippen LogP contribution is -2.24. The van der Waals surface area contributed by atoms with Crippen LogP contribution in [-0.4, -0.2) is 24.8 Å². The van der Waals surface area contributed by atoms with Crippen molar-refractivity contribution in [3.05, 3.63) is 23.9 Å². The van der Waals surface area contributed by atoms with E-state index < -0.39 is 12.6 Å². The zero-order valence-electron chi connectivity index (χ0n) is 8.96. The molecule has 0 radical (unpaired) electrons. The standard InChI is InChI=1S/C10H14F3N3/c1-16(5-4-10(11,12)13)9-3-2-8(6-14)7-15-9/h2-3,7H,4-6,14H2,1H3. The van der Waals surface area contributed by atoms with Crippen LogP contribution >= 0.6 is 0 Å². The quantitative estimate of drug-likeness (QED) is 0.864. The van der Waals surface area contributed by atoms with Gasteiger partial charge in [0.05, 0.1) is 6.42 Å². The molecule has 6 heteroatoms. The van der Waals surface area contributed by atoms with Crippen LogP contribution in [0.15, 0.2) is 18.3 Å². The van der Waals surface area contributed by atoms with Crippen LogP contribution in [-0.2, 0) is 6.54 Å². The Morgan fingerprint density at radius 3 is 2.50 bits per heavy atom. The minimum Gasteiger partial charge on any atom is -0.359 e. The summed E-state index contributed by atoms with van der Waals surface area (Å²) in [5.41, 5.74) is 6.24. The highest BCUT2D eigenvalue weighted by Crippen LogP contribution is 2.20. The molecule has 0 aliphatic carbocycles. The van der Waals surface area contributed by atoms with Crippen LogP contribution in [0, 0.1) is 0 Å². The predicted octanol–water partition coefficient (Wildman–Crippen LogP) is 1.93. The summed E-state index contributed by atoms with van der Waals surface area (Å²) in [6, 6.07) is 3.42. The Morgan fingerprint density at radius 1 is 1.38 bits per heavy atom. The second-order valence-corrected chi connectivity index (χ2v) is 3.52. The van der Waals surface area contributed by atoms with E-state index in [-0.39, 0.29) is 6.54 Å². The van der Waals surface area contributed by atoms with Crippen molar-refractivity contribution in [1.82, 2.24) is 4.98 Å². The van der Waals surface area contributed by atoms with Gasteiger partial charge in [0, 0.05) is 26.3 Å². The molecule has 1 aromatic heterocycles. The minimum atomic E-state index is -4.13. The number of hydrogen-bond acceptors (Lipinski definition) is 3. The number of alkyl halides is 3. The predicted molar refractivity (Wildman–Crippen MR) is 56.1 cm³/mol. The van der Waals surface area contributed by atoms with Gasteiger partial charge in [-0.15, -0.1) is 0 Å². The average molecular weight is 233 g/mol. The molecule has 0 fully saturated rings. The van der Waals surface area contributed by atoms with E-state index in [2.05, 4.69) is 4.98 Å². The van der Waals surface area contributed by atoms with Crippen LogP contribution in [0.1, 0.15) is 12.0 Å². The molecule has 0 saturated heterocycles. The van der Waals surface area contributed by atoms with E-state index in [1.54, 1.807) is 25.4 Å². The monoisotopic (exact) mass is 233 g/mol. The first kappa shape index (κ1) is 12.8. The number of pyridine rings is 1. The number of nitrogens with zero attached hydrogens (tertiary/aromatic N) is 2. The highest BCUT2D eigenvalue weighted by molar-refractivity contribution is 5.38. The van der Waals surface area contributed by atoms with Gasteiger partial charge in [0.25, 0.3) is 0 Å². The number of anilines is 1. The first-order chi connectivity index (χ1) is 7.42. The van der Waals surface area contributed by atoms with Gasteiger partial charge in [-0.2, -0.15) is 13.2 Å². The Bertz CT molecular complexity index is 321. The van der Waals surface area contributed by atoms with Gasteiger partial charge in [-0.25, -0.2) is 4.98 Å². The molecule has 0 bridgehead atoms. The molecule has 0 unspecified atom stereocenters. The molecular weight excluding hydrogens is 219 g/mol. The van der Waals surface area contributed by atoms with Crippen molar-refractivity contribution in [2.45, 2.75) is 19.1 Å². The first-order valence-corrected chi connectivity index (χ1v) is 4.85. The van der Waals surface area contributed by atoms with Crippen molar-refractivity contribution in [2.75, 3.05) is 18.5 Å². The zero-order valence-corrected chi connectivity index (χ0v) is 8.96. The molecule has 3 nitrogen and oxygen atoms in total. The Labute approximate surface area is 92.1 Å². The van der Waals surface area contributed by atoms with Gasteiger partial charge in [-0.1, -0.05) is 6.07 Å². The van der Waals surface area contributed by atoms with Gasteiger partial charge < -0.3 is 10.6 Å². The fourth-order valence-electron chi connectivity index (χ4n) is 1.17. The molecule has 16 heavy (non-hydrogen) atoms. The van der Waals surface area contributed by atoms with Crippen molar-refractivity contribution in [3.63, 3.8) is 0 Å². The van der Waals surface area contributed by atoms with Crippen LogP contribution in [0.3, 0.4) is 0 Å². The van der Waals surface area contributed by atoms with Gasteiger partial charge in [0.1, 0.15) is 5.82 Å². The smallest absolute Gasteiger partial charge is 0.359 e. The maximum absolute atomic E-state index is 12.0. The SMILES string of the molecule is CN(CCC(F)(F)F)c1ccc(CN)cn1. The van der Waals surface area contributed by atoms with Crippen LogP contribution in [0.25, 0.3) is 0 Å². The molecule has 0 atom stereocenters. The lowest BCUT2D eigenvalue weighted by atomic mass is 10.3. The third-order valence-electron chi connectivity index (χ3n) is 2.17. The van der Waals surface area contributed by atoms with E-state index in [4.69, 9.17) is 5.73 Å². The molecule has 1 heterocycles. The maximum atomic E-state index is 12.0. The van der Waals surface area contributed by atoms with Gasteiger partial charge >= 0.3 is 6.18 Å². The van der Waals surface area contributed by atoms with Gasteiger partial charge in [0.15, 0.2) is 0 Å². The largest absolute Gasteiger partial charge is 0.390 e. The van der Waals surface area contributed by atoms with E-state index in [9.17, 15) is 13.2 Å². The summed E-state index contributed by atoms with van der Waals surface area (Å²) in [5, 5.41) is 0. The Kier molecular flexibility index (Phi) is 4.12. The number of nitrogens with two attached hydrogens (primary N) is 1. The summed E-state index contributed by atoms with van der Waals surface area (Å²) in [7, 11) is 1.58. The molecule has 0 saturated carbocycles. The van der Waals surface area contributed by atoms with E-state index in [0.29, 0.717) is 12.4 Å². The summed E-state index contributed by atoms with van der Waals surface area (Å²) in [6.07, 6.45) is -3.41. The summed E-state index contributed by atoms with van der Waals surface area (Å²) in [6.45, 7) is 0.276. The lowest BCUT2D eigenvalue weighted by Gasteiger charge is -2.19. The van der Waals surface area contributed by atoms with Crippen LogP contribution in [0.2, 0.25) is 0 Å². The molecule has 0 aromatic carbocycles. The topological polar surface area (TPSA) is 42.1 Å². The number of hydrogen-bond donors (Lipinski definition) is 1. The second kappa shape index (κ2) is 5.16. The van der Waals surface area contributed by atoms with E-state index in [1.807, 2.05) is 0 Å². The average Bonchev–Trinajstić information content (AvgIpc) is 2.25. The van der Waals surface area contributed by atoms with Crippen LogP contribution < -0.4 is 10.6 Å². The highest BCUT2D eigenvalue weighted by atomic mass is 19.4. The third-order valence-corrected chi connectivity index (χ3v) is 2.17. The van der Waals surface area contributed by atoms with Crippen LogP contribution in [0.5, 0.6) is 0 Å². The molecule has 2 N–H and O–H groups in total.